The Morgan fingerprint density at radius 2 is 1.87 bits per heavy atom. The van der Waals surface area contributed by atoms with Crippen molar-refractivity contribution >= 4 is 22.9 Å². The van der Waals surface area contributed by atoms with Gasteiger partial charge in [-0.2, -0.15) is 9.97 Å². The zero-order valence-electron chi connectivity index (χ0n) is 18.2. The second-order valence-corrected chi connectivity index (χ2v) is 7.61. The molecule has 162 valence electrons. The van der Waals surface area contributed by atoms with E-state index in [1.165, 1.54) is 0 Å². The molecule has 0 radical (unpaired) electrons. The number of aromatic hydroxyl groups is 1. The highest BCUT2D eigenvalue weighted by Crippen LogP contribution is 2.27. The third-order valence-corrected chi connectivity index (χ3v) is 5.49. The van der Waals surface area contributed by atoms with Crippen LogP contribution < -0.4 is 10.6 Å². The number of anilines is 2. The summed E-state index contributed by atoms with van der Waals surface area (Å²) in [7, 11) is 0. The molecule has 0 saturated heterocycles. The summed E-state index contributed by atoms with van der Waals surface area (Å²) in [6, 6.07) is 5.69. The van der Waals surface area contributed by atoms with Gasteiger partial charge >= 0.3 is 0 Å². The summed E-state index contributed by atoms with van der Waals surface area (Å²) in [4.78, 5) is 13.9. The van der Waals surface area contributed by atoms with Gasteiger partial charge in [-0.05, 0) is 32.3 Å². The first-order valence-electron chi connectivity index (χ1n) is 10.6. The van der Waals surface area contributed by atoms with Gasteiger partial charge in [-0.3, -0.25) is 0 Å². The molecule has 1 unspecified atom stereocenters. The van der Waals surface area contributed by atoms with Gasteiger partial charge in [-0.15, -0.1) is 0 Å². The van der Waals surface area contributed by atoms with E-state index in [-0.39, 0.29) is 18.4 Å². The number of aliphatic hydroxyl groups is 1. The van der Waals surface area contributed by atoms with E-state index in [0.717, 1.165) is 36.0 Å². The number of hydrogen-bond acceptors (Lipinski definition) is 7. The van der Waals surface area contributed by atoms with Crippen LogP contribution in [0.4, 0.5) is 11.8 Å². The van der Waals surface area contributed by atoms with Crippen LogP contribution >= 0.6 is 0 Å². The summed E-state index contributed by atoms with van der Waals surface area (Å²) < 4.78 is 2.09. The van der Waals surface area contributed by atoms with E-state index in [4.69, 9.17) is 4.98 Å². The zero-order valence-corrected chi connectivity index (χ0v) is 18.2. The summed E-state index contributed by atoms with van der Waals surface area (Å²) in [6.07, 6.45) is 4.52. The standard InChI is InChI=1S/C22H32N6O2/c1-5-16(12-29)25-22-26-20(23-11-15-10-14(4)8-9-18(15)30)19-21(27-22)28(13-24-19)17(6-2)7-3/h8-10,13,16-17,29-30H,5-7,11-12H2,1-4H3,(H2,23,25,26,27). The van der Waals surface area contributed by atoms with Gasteiger partial charge in [0.1, 0.15) is 5.75 Å². The van der Waals surface area contributed by atoms with Crippen molar-refractivity contribution in [2.75, 3.05) is 17.2 Å². The van der Waals surface area contributed by atoms with E-state index in [1.807, 2.05) is 32.3 Å². The number of rotatable bonds is 10. The smallest absolute Gasteiger partial charge is 0.227 e. The van der Waals surface area contributed by atoms with Crippen molar-refractivity contribution in [1.29, 1.82) is 0 Å². The number of phenols is 1. The lowest BCUT2D eigenvalue weighted by atomic mass is 10.1. The van der Waals surface area contributed by atoms with Crippen LogP contribution in [0, 0.1) is 6.92 Å². The number of fused-ring (bicyclic) bond motifs is 1. The quantitative estimate of drug-likeness (QED) is 0.399. The van der Waals surface area contributed by atoms with Crippen LogP contribution in [0.1, 0.15) is 57.2 Å². The zero-order chi connectivity index (χ0) is 21.7. The summed E-state index contributed by atoms with van der Waals surface area (Å²) in [6.45, 7) is 8.71. The maximum atomic E-state index is 10.2. The van der Waals surface area contributed by atoms with Crippen molar-refractivity contribution in [3.05, 3.63) is 35.7 Å². The van der Waals surface area contributed by atoms with E-state index in [9.17, 15) is 10.2 Å². The fraction of sp³-hybridized carbons (Fsp3) is 0.500. The number of benzene rings is 1. The van der Waals surface area contributed by atoms with Gasteiger partial charge in [0, 0.05) is 18.2 Å². The highest BCUT2D eigenvalue weighted by molar-refractivity contribution is 5.84. The first-order chi connectivity index (χ1) is 14.5. The Hall–Kier alpha value is -2.87. The van der Waals surface area contributed by atoms with Crippen molar-refractivity contribution < 1.29 is 10.2 Å². The van der Waals surface area contributed by atoms with Crippen LogP contribution in [0.2, 0.25) is 0 Å². The Morgan fingerprint density at radius 1 is 1.10 bits per heavy atom. The summed E-state index contributed by atoms with van der Waals surface area (Å²) in [5.41, 5.74) is 3.31. The van der Waals surface area contributed by atoms with Gasteiger partial charge in [-0.1, -0.05) is 38.5 Å². The first kappa shape index (κ1) is 21.8. The van der Waals surface area contributed by atoms with Crippen LogP contribution in [0.15, 0.2) is 24.5 Å². The molecule has 0 saturated carbocycles. The number of aryl methyl sites for hydroxylation is 1. The lowest BCUT2D eigenvalue weighted by Gasteiger charge is -2.18. The average Bonchev–Trinajstić information content (AvgIpc) is 3.17. The lowest BCUT2D eigenvalue weighted by Crippen LogP contribution is -2.24. The summed E-state index contributed by atoms with van der Waals surface area (Å²) >= 11 is 0. The minimum Gasteiger partial charge on any atom is -0.508 e. The predicted molar refractivity (Wildman–Crippen MR) is 120 cm³/mol. The second kappa shape index (κ2) is 9.75. The van der Waals surface area contributed by atoms with Gasteiger partial charge in [0.15, 0.2) is 17.0 Å². The fourth-order valence-corrected chi connectivity index (χ4v) is 3.55. The minimum atomic E-state index is -0.124. The molecule has 3 aromatic rings. The Labute approximate surface area is 177 Å². The summed E-state index contributed by atoms with van der Waals surface area (Å²) in [5.74, 6) is 1.29. The molecule has 1 atom stereocenters. The molecule has 0 aliphatic carbocycles. The van der Waals surface area contributed by atoms with Gasteiger partial charge in [0.05, 0.1) is 19.0 Å². The van der Waals surface area contributed by atoms with Gasteiger partial charge in [-0.25, -0.2) is 4.98 Å². The normalized spacial score (nSPS) is 12.5. The summed E-state index contributed by atoms with van der Waals surface area (Å²) in [5, 5.41) is 26.3. The minimum absolute atomic E-state index is 0.00360. The van der Waals surface area contributed by atoms with Crippen molar-refractivity contribution in [3.8, 4) is 5.75 Å². The van der Waals surface area contributed by atoms with Crippen LogP contribution in [0.25, 0.3) is 11.2 Å². The molecule has 4 N–H and O–H groups in total. The highest BCUT2D eigenvalue weighted by atomic mass is 16.3. The maximum absolute atomic E-state index is 10.2. The van der Waals surface area contributed by atoms with E-state index in [1.54, 1.807) is 6.07 Å². The van der Waals surface area contributed by atoms with E-state index >= 15 is 0 Å². The third kappa shape index (κ3) is 4.64. The highest BCUT2D eigenvalue weighted by Gasteiger charge is 2.18. The molecule has 3 rings (SSSR count). The molecule has 0 bridgehead atoms. The van der Waals surface area contributed by atoms with E-state index < -0.39 is 0 Å². The molecule has 0 spiro atoms. The third-order valence-electron chi connectivity index (χ3n) is 5.49. The maximum Gasteiger partial charge on any atom is 0.227 e. The Balaban J connectivity index is 2.01. The second-order valence-electron chi connectivity index (χ2n) is 7.61. The number of phenolic OH excluding ortho intramolecular Hbond substituents is 1. The predicted octanol–water partition coefficient (Wildman–Crippen LogP) is 4.00. The molecule has 2 heterocycles. The molecule has 0 aliphatic rings. The molecule has 30 heavy (non-hydrogen) atoms. The number of imidazole rings is 1. The molecule has 2 aromatic heterocycles. The molecule has 0 aliphatic heterocycles. The Morgan fingerprint density at radius 3 is 2.53 bits per heavy atom. The Bertz CT molecular complexity index is 979. The van der Waals surface area contributed by atoms with Crippen molar-refractivity contribution in [2.24, 2.45) is 0 Å². The van der Waals surface area contributed by atoms with Gasteiger partial charge in [0.25, 0.3) is 0 Å². The molecule has 0 fully saturated rings. The van der Waals surface area contributed by atoms with Gasteiger partial charge in [0.2, 0.25) is 5.95 Å². The van der Waals surface area contributed by atoms with E-state index in [2.05, 4.69) is 39.0 Å². The molecule has 8 heteroatoms. The largest absolute Gasteiger partial charge is 0.508 e. The fourth-order valence-electron chi connectivity index (χ4n) is 3.55. The lowest BCUT2D eigenvalue weighted by molar-refractivity contribution is 0.271. The SMILES string of the molecule is CCC(CO)Nc1nc(NCc2cc(C)ccc2O)c2ncn(C(CC)CC)c2n1. The molecular weight excluding hydrogens is 380 g/mol. The molecule has 0 amide bonds. The molecular formula is C22H32N6O2. The van der Waals surface area contributed by atoms with Crippen LogP contribution in [-0.2, 0) is 6.54 Å². The Kier molecular flexibility index (Phi) is 7.10. The van der Waals surface area contributed by atoms with Crippen molar-refractivity contribution in [1.82, 2.24) is 19.5 Å². The molecule has 1 aromatic carbocycles. The molecule has 8 nitrogen and oxygen atoms in total. The van der Waals surface area contributed by atoms with Crippen LogP contribution in [0.3, 0.4) is 0 Å². The average molecular weight is 413 g/mol. The number of hydrogen-bond donors (Lipinski definition) is 4. The van der Waals surface area contributed by atoms with Crippen LogP contribution in [0.5, 0.6) is 5.75 Å². The number of aromatic nitrogens is 4. The van der Waals surface area contributed by atoms with Gasteiger partial charge < -0.3 is 25.4 Å². The number of nitrogens with one attached hydrogen (secondary N) is 2. The number of aliphatic hydroxyl groups excluding tert-OH is 1. The number of nitrogens with zero attached hydrogens (tertiary/aromatic N) is 4. The van der Waals surface area contributed by atoms with Crippen molar-refractivity contribution in [3.63, 3.8) is 0 Å². The topological polar surface area (TPSA) is 108 Å². The van der Waals surface area contributed by atoms with Crippen molar-refractivity contribution in [2.45, 2.75) is 65.6 Å². The van der Waals surface area contributed by atoms with E-state index in [0.29, 0.717) is 29.9 Å². The monoisotopic (exact) mass is 412 g/mol. The van der Waals surface area contributed by atoms with Crippen LogP contribution in [-0.4, -0.2) is 42.4 Å². The first-order valence-corrected chi connectivity index (χ1v) is 10.6.